The first-order valence-electron chi connectivity index (χ1n) is 9.68. The molecule has 28 heavy (non-hydrogen) atoms. The molecule has 3 rings (SSSR count). The van der Waals surface area contributed by atoms with E-state index in [1.165, 1.54) is 11.1 Å². The Hall–Kier alpha value is -2.82. The van der Waals surface area contributed by atoms with Gasteiger partial charge in [0.15, 0.2) is 11.5 Å². The molecule has 0 fully saturated rings. The van der Waals surface area contributed by atoms with E-state index in [0.29, 0.717) is 30.5 Å². The van der Waals surface area contributed by atoms with Crippen molar-refractivity contribution in [2.24, 2.45) is 0 Å². The molecule has 0 amide bonds. The first kappa shape index (κ1) is 19.9. The molecule has 5 heteroatoms. The minimum atomic E-state index is 0.618. The standard InChI is InChI=1S/C23H28NO4/c1-5-9-28-23-21(25-3)11-16(12-22(23)26-4)10-17-14-24-15-18-13-19(27-6-2)7-8-20(17)18/h7-8,11-12,14,24H,5-6,9-10,15H2,1-4H3. The van der Waals surface area contributed by atoms with Gasteiger partial charge in [0.05, 0.1) is 27.4 Å². The Bertz CT molecular complexity index is 819. The highest BCUT2D eigenvalue weighted by Crippen LogP contribution is 2.40. The van der Waals surface area contributed by atoms with Crippen molar-refractivity contribution in [3.63, 3.8) is 0 Å². The fraction of sp³-hybridized carbons (Fsp3) is 0.391. The summed E-state index contributed by atoms with van der Waals surface area (Å²) in [7, 11) is 3.30. The van der Waals surface area contributed by atoms with Crippen LogP contribution < -0.4 is 24.3 Å². The van der Waals surface area contributed by atoms with Crippen LogP contribution in [0.25, 0.3) is 5.57 Å². The van der Waals surface area contributed by atoms with Crippen molar-refractivity contribution in [3.8, 4) is 23.0 Å². The lowest BCUT2D eigenvalue weighted by Crippen LogP contribution is -2.15. The largest absolute Gasteiger partial charge is 0.493 e. The Morgan fingerprint density at radius 2 is 1.79 bits per heavy atom. The van der Waals surface area contributed by atoms with E-state index in [4.69, 9.17) is 18.9 Å². The molecule has 0 aromatic heterocycles. The predicted molar refractivity (Wildman–Crippen MR) is 110 cm³/mol. The van der Waals surface area contributed by atoms with Crippen LogP contribution in [0, 0.1) is 6.07 Å². The molecule has 1 heterocycles. The van der Waals surface area contributed by atoms with Gasteiger partial charge in [-0.25, -0.2) is 0 Å². The number of methoxy groups -OCH3 is 2. The lowest BCUT2D eigenvalue weighted by atomic mass is 9.92. The van der Waals surface area contributed by atoms with Crippen molar-refractivity contribution < 1.29 is 18.9 Å². The van der Waals surface area contributed by atoms with E-state index >= 15 is 0 Å². The Balaban J connectivity index is 1.89. The summed E-state index contributed by atoms with van der Waals surface area (Å²) in [4.78, 5) is 0. The number of hydrogen-bond acceptors (Lipinski definition) is 5. The zero-order chi connectivity index (χ0) is 19.9. The van der Waals surface area contributed by atoms with E-state index in [1.54, 1.807) is 14.2 Å². The number of benzene rings is 2. The van der Waals surface area contributed by atoms with Crippen LogP contribution in [0.15, 0.2) is 30.5 Å². The van der Waals surface area contributed by atoms with Crippen LogP contribution in [-0.4, -0.2) is 27.4 Å². The summed E-state index contributed by atoms with van der Waals surface area (Å²) in [6, 6.07) is 11.5. The molecular weight excluding hydrogens is 354 g/mol. The van der Waals surface area contributed by atoms with Crippen LogP contribution in [0.2, 0.25) is 0 Å². The maximum atomic E-state index is 5.84. The lowest BCUT2D eigenvalue weighted by Gasteiger charge is -2.21. The van der Waals surface area contributed by atoms with Gasteiger partial charge < -0.3 is 24.3 Å². The minimum Gasteiger partial charge on any atom is -0.493 e. The van der Waals surface area contributed by atoms with E-state index in [2.05, 4.69) is 30.6 Å². The predicted octanol–water partition coefficient (Wildman–Crippen LogP) is 4.38. The Morgan fingerprint density at radius 3 is 2.43 bits per heavy atom. The maximum Gasteiger partial charge on any atom is 0.203 e. The number of hydrogen-bond donors (Lipinski definition) is 1. The van der Waals surface area contributed by atoms with Gasteiger partial charge in [-0.15, -0.1) is 0 Å². The van der Waals surface area contributed by atoms with Crippen molar-refractivity contribution in [1.82, 2.24) is 5.32 Å². The zero-order valence-corrected chi connectivity index (χ0v) is 17.1. The molecular formula is C23H28NO4. The Labute approximate surface area is 167 Å². The van der Waals surface area contributed by atoms with Crippen LogP contribution >= 0.6 is 0 Å². The zero-order valence-electron chi connectivity index (χ0n) is 17.1. The van der Waals surface area contributed by atoms with E-state index in [1.807, 2.05) is 25.1 Å². The normalized spacial score (nSPS) is 12.5. The third-order valence-corrected chi connectivity index (χ3v) is 4.57. The van der Waals surface area contributed by atoms with Crippen molar-refractivity contribution in [2.45, 2.75) is 33.2 Å². The first-order chi connectivity index (χ1) is 13.7. The maximum absolute atomic E-state index is 5.84. The molecule has 0 aliphatic carbocycles. The van der Waals surface area contributed by atoms with Crippen LogP contribution in [0.4, 0.5) is 0 Å². The van der Waals surface area contributed by atoms with Crippen molar-refractivity contribution in [2.75, 3.05) is 27.4 Å². The van der Waals surface area contributed by atoms with Gasteiger partial charge in [0.1, 0.15) is 5.75 Å². The summed E-state index contributed by atoms with van der Waals surface area (Å²) in [6.07, 6.45) is 3.73. The summed E-state index contributed by atoms with van der Waals surface area (Å²) in [5.74, 6) is 2.81. The van der Waals surface area contributed by atoms with Crippen LogP contribution in [0.5, 0.6) is 23.0 Å². The SMILES string of the molecule is CCCOc1c(OC)cc(CC2=CNCc3[c]c(OCC)ccc32)cc1OC. The molecule has 2 aromatic carbocycles. The van der Waals surface area contributed by atoms with Crippen LogP contribution in [0.3, 0.4) is 0 Å². The molecule has 1 N–H and O–H groups in total. The summed E-state index contributed by atoms with van der Waals surface area (Å²) in [5, 5.41) is 3.34. The second kappa shape index (κ2) is 9.40. The van der Waals surface area contributed by atoms with E-state index in [-0.39, 0.29) is 0 Å². The minimum absolute atomic E-state index is 0.618. The molecule has 2 aromatic rings. The van der Waals surface area contributed by atoms with Gasteiger partial charge in [-0.2, -0.15) is 0 Å². The fourth-order valence-electron chi connectivity index (χ4n) is 3.30. The van der Waals surface area contributed by atoms with E-state index < -0.39 is 0 Å². The highest BCUT2D eigenvalue weighted by molar-refractivity contribution is 5.72. The second-order valence-electron chi connectivity index (χ2n) is 6.55. The molecule has 0 unspecified atom stereocenters. The molecule has 0 bridgehead atoms. The fourth-order valence-corrected chi connectivity index (χ4v) is 3.30. The summed E-state index contributed by atoms with van der Waals surface area (Å²) in [6.45, 7) is 6.05. The van der Waals surface area contributed by atoms with Crippen LogP contribution in [-0.2, 0) is 13.0 Å². The molecule has 0 spiro atoms. The van der Waals surface area contributed by atoms with Gasteiger partial charge in [0, 0.05) is 18.8 Å². The first-order valence-corrected chi connectivity index (χ1v) is 9.68. The van der Waals surface area contributed by atoms with Crippen LogP contribution in [0.1, 0.15) is 37.0 Å². The number of fused-ring (bicyclic) bond motifs is 1. The molecule has 1 radical (unpaired) electrons. The number of allylic oxidation sites excluding steroid dienone is 1. The second-order valence-corrected chi connectivity index (χ2v) is 6.55. The summed E-state index contributed by atoms with van der Waals surface area (Å²) in [5.41, 5.74) is 4.58. The lowest BCUT2D eigenvalue weighted by molar-refractivity contribution is 0.274. The molecule has 5 nitrogen and oxygen atoms in total. The van der Waals surface area contributed by atoms with Crippen molar-refractivity contribution >= 4 is 5.57 Å². The van der Waals surface area contributed by atoms with E-state index in [9.17, 15) is 0 Å². The van der Waals surface area contributed by atoms with Gasteiger partial charge in [-0.05, 0) is 60.2 Å². The molecule has 149 valence electrons. The highest BCUT2D eigenvalue weighted by Gasteiger charge is 2.18. The van der Waals surface area contributed by atoms with Crippen molar-refractivity contribution in [3.05, 3.63) is 53.2 Å². The molecule has 0 saturated carbocycles. The molecule has 1 aliphatic heterocycles. The number of rotatable bonds is 9. The third-order valence-electron chi connectivity index (χ3n) is 4.57. The highest BCUT2D eigenvalue weighted by atomic mass is 16.5. The van der Waals surface area contributed by atoms with Gasteiger partial charge in [-0.1, -0.05) is 13.0 Å². The molecule has 1 aliphatic rings. The monoisotopic (exact) mass is 382 g/mol. The average molecular weight is 382 g/mol. The number of ether oxygens (including phenoxy) is 4. The summed E-state index contributed by atoms with van der Waals surface area (Å²) >= 11 is 0. The third kappa shape index (κ3) is 4.35. The number of nitrogens with one attached hydrogen (secondary N) is 1. The summed E-state index contributed by atoms with van der Waals surface area (Å²) < 4.78 is 22.6. The van der Waals surface area contributed by atoms with Crippen molar-refractivity contribution in [1.29, 1.82) is 0 Å². The Morgan fingerprint density at radius 1 is 1.04 bits per heavy atom. The topological polar surface area (TPSA) is 49.0 Å². The van der Waals surface area contributed by atoms with Gasteiger partial charge in [0.2, 0.25) is 5.75 Å². The van der Waals surface area contributed by atoms with E-state index in [0.717, 1.165) is 36.3 Å². The smallest absolute Gasteiger partial charge is 0.203 e. The van der Waals surface area contributed by atoms with Gasteiger partial charge in [-0.3, -0.25) is 0 Å². The average Bonchev–Trinajstić information content (AvgIpc) is 2.72. The van der Waals surface area contributed by atoms with Gasteiger partial charge in [0.25, 0.3) is 0 Å². The quantitative estimate of drug-likeness (QED) is 0.698. The molecule has 0 atom stereocenters. The molecule has 0 saturated heterocycles. The Kier molecular flexibility index (Phi) is 6.69. The van der Waals surface area contributed by atoms with Gasteiger partial charge >= 0.3 is 0 Å².